The molecule has 3 fully saturated rings. The quantitative estimate of drug-likeness (QED) is 0.716. The van der Waals surface area contributed by atoms with Crippen LogP contribution >= 0.6 is 0 Å². The van der Waals surface area contributed by atoms with E-state index in [1.807, 2.05) is 0 Å². The van der Waals surface area contributed by atoms with Crippen LogP contribution in [-0.4, -0.2) is 22.4 Å². The largest absolute Gasteiger partial charge is 0.390 e. The standard InChI is InChI=1S/C21H32O2/c1-4-13-8-9-14-17-15(10-12-20(13,14)2)21(3)11-6-5-7-16(21)18(22)19(17)23/h6-7,11,13-15,17-19,22-23H,4-5,8-10,12H2,1-3H3/t13-,14-,15-,17-,18?,19?,20+,21+/m0/s1. The molecule has 2 nitrogen and oxygen atoms in total. The van der Waals surface area contributed by atoms with Gasteiger partial charge in [0.2, 0.25) is 0 Å². The molecule has 2 N–H and O–H groups in total. The molecule has 2 heteroatoms. The monoisotopic (exact) mass is 316 g/mol. The molecule has 4 rings (SSSR count). The molecule has 0 spiro atoms. The van der Waals surface area contributed by atoms with Crippen molar-refractivity contribution in [3.63, 3.8) is 0 Å². The van der Waals surface area contributed by atoms with Crippen molar-refractivity contribution in [2.75, 3.05) is 0 Å². The van der Waals surface area contributed by atoms with E-state index in [4.69, 9.17) is 0 Å². The van der Waals surface area contributed by atoms with Crippen molar-refractivity contribution >= 4 is 0 Å². The van der Waals surface area contributed by atoms with E-state index in [-0.39, 0.29) is 11.3 Å². The van der Waals surface area contributed by atoms with E-state index in [0.29, 0.717) is 17.3 Å². The number of aliphatic hydroxyl groups is 2. The van der Waals surface area contributed by atoms with Crippen molar-refractivity contribution in [3.05, 3.63) is 23.8 Å². The third kappa shape index (κ3) is 1.94. The third-order valence-electron chi connectivity index (χ3n) is 8.39. The van der Waals surface area contributed by atoms with Crippen LogP contribution in [-0.2, 0) is 0 Å². The fraction of sp³-hybridized carbons (Fsp3) is 0.810. The highest BCUT2D eigenvalue weighted by Crippen LogP contribution is 2.66. The molecule has 0 aromatic heterocycles. The Bertz CT molecular complexity index is 550. The van der Waals surface area contributed by atoms with Crippen LogP contribution in [0.3, 0.4) is 0 Å². The van der Waals surface area contributed by atoms with E-state index in [1.165, 1.54) is 32.1 Å². The van der Waals surface area contributed by atoms with Crippen LogP contribution in [0.1, 0.15) is 59.3 Å². The molecular formula is C21H32O2. The van der Waals surface area contributed by atoms with Crippen LogP contribution < -0.4 is 0 Å². The summed E-state index contributed by atoms with van der Waals surface area (Å²) in [4.78, 5) is 0. The highest BCUT2D eigenvalue weighted by atomic mass is 16.3. The van der Waals surface area contributed by atoms with E-state index in [9.17, 15) is 10.2 Å². The first kappa shape index (κ1) is 15.9. The zero-order valence-electron chi connectivity index (χ0n) is 14.8. The number of hydrogen-bond acceptors (Lipinski definition) is 2. The van der Waals surface area contributed by atoms with Gasteiger partial charge in [0.05, 0.1) is 6.10 Å². The van der Waals surface area contributed by atoms with Gasteiger partial charge in [0.25, 0.3) is 0 Å². The van der Waals surface area contributed by atoms with Gasteiger partial charge in [0.1, 0.15) is 6.10 Å². The summed E-state index contributed by atoms with van der Waals surface area (Å²) < 4.78 is 0. The summed E-state index contributed by atoms with van der Waals surface area (Å²) >= 11 is 0. The van der Waals surface area contributed by atoms with Gasteiger partial charge < -0.3 is 10.2 Å². The second-order valence-corrected chi connectivity index (χ2v) is 9.03. The fourth-order valence-corrected chi connectivity index (χ4v) is 7.15. The maximum Gasteiger partial charge on any atom is 0.102 e. The first-order valence-corrected chi connectivity index (χ1v) is 9.68. The molecule has 128 valence electrons. The summed E-state index contributed by atoms with van der Waals surface area (Å²) in [5.41, 5.74) is 1.40. The Morgan fingerprint density at radius 3 is 2.65 bits per heavy atom. The summed E-state index contributed by atoms with van der Waals surface area (Å²) in [6.07, 6.45) is 12.7. The van der Waals surface area contributed by atoms with Crippen molar-refractivity contribution in [3.8, 4) is 0 Å². The Labute approximate surface area is 140 Å². The topological polar surface area (TPSA) is 40.5 Å². The fourth-order valence-electron chi connectivity index (χ4n) is 7.15. The minimum absolute atomic E-state index is 0.0484. The van der Waals surface area contributed by atoms with E-state index in [0.717, 1.165) is 17.9 Å². The van der Waals surface area contributed by atoms with Crippen molar-refractivity contribution < 1.29 is 10.2 Å². The molecule has 0 aliphatic heterocycles. The third-order valence-corrected chi connectivity index (χ3v) is 8.39. The molecule has 0 aromatic carbocycles. The van der Waals surface area contributed by atoms with Gasteiger partial charge in [-0.05, 0) is 66.8 Å². The highest BCUT2D eigenvalue weighted by molar-refractivity contribution is 5.35. The van der Waals surface area contributed by atoms with Gasteiger partial charge in [-0.25, -0.2) is 0 Å². The lowest BCUT2D eigenvalue weighted by atomic mass is 9.46. The van der Waals surface area contributed by atoms with Crippen LogP contribution in [0.25, 0.3) is 0 Å². The minimum Gasteiger partial charge on any atom is -0.390 e. The lowest BCUT2D eigenvalue weighted by Gasteiger charge is -2.59. The molecular weight excluding hydrogens is 284 g/mol. The highest BCUT2D eigenvalue weighted by Gasteiger charge is 2.62. The number of allylic oxidation sites excluding steroid dienone is 3. The summed E-state index contributed by atoms with van der Waals surface area (Å²) in [5, 5.41) is 21.9. The second kappa shape index (κ2) is 5.20. The Morgan fingerprint density at radius 2 is 1.91 bits per heavy atom. The SMILES string of the molecule is CC[C@H]1CC[C@H]2[C@@H]3C(O)C(O)C4=CCC=C[C@]4(C)[C@H]3CC[C@]12C. The van der Waals surface area contributed by atoms with Gasteiger partial charge >= 0.3 is 0 Å². The second-order valence-electron chi connectivity index (χ2n) is 9.03. The lowest BCUT2D eigenvalue weighted by Crippen LogP contribution is -2.59. The Kier molecular flexibility index (Phi) is 3.59. The zero-order chi connectivity index (χ0) is 16.4. The Balaban J connectivity index is 1.76. The predicted octanol–water partition coefficient (Wildman–Crippen LogP) is 4.08. The summed E-state index contributed by atoms with van der Waals surface area (Å²) in [5.74, 6) is 2.11. The molecule has 8 atom stereocenters. The van der Waals surface area contributed by atoms with Crippen LogP contribution in [0.2, 0.25) is 0 Å². The Hall–Kier alpha value is -0.600. The maximum absolute atomic E-state index is 11.0. The normalized spacial score (nSPS) is 54.9. The average molecular weight is 316 g/mol. The first-order valence-electron chi connectivity index (χ1n) is 9.68. The molecule has 4 aliphatic carbocycles. The molecule has 0 heterocycles. The molecule has 0 amide bonds. The van der Waals surface area contributed by atoms with Gasteiger partial charge in [-0.2, -0.15) is 0 Å². The van der Waals surface area contributed by atoms with Gasteiger partial charge in [-0.15, -0.1) is 0 Å². The molecule has 23 heavy (non-hydrogen) atoms. The molecule has 2 unspecified atom stereocenters. The van der Waals surface area contributed by atoms with E-state index >= 15 is 0 Å². The average Bonchev–Trinajstić information content (AvgIpc) is 2.88. The minimum atomic E-state index is -0.672. The van der Waals surface area contributed by atoms with Crippen molar-refractivity contribution in [2.45, 2.75) is 71.5 Å². The Morgan fingerprint density at radius 1 is 1.13 bits per heavy atom. The van der Waals surface area contributed by atoms with E-state index in [2.05, 4.69) is 39.0 Å². The van der Waals surface area contributed by atoms with E-state index in [1.54, 1.807) is 0 Å². The van der Waals surface area contributed by atoms with Gasteiger partial charge in [0.15, 0.2) is 0 Å². The number of aliphatic hydroxyl groups excluding tert-OH is 2. The van der Waals surface area contributed by atoms with Crippen LogP contribution in [0, 0.1) is 34.5 Å². The van der Waals surface area contributed by atoms with Crippen LogP contribution in [0.15, 0.2) is 23.8 Å². The smallest absolute Gasteiger partial charge is 0.102 e. The summed E-state index contributed by atoms with van der Waals surface area (Å²) in [7, 11) is 0. The molecule has 0 saturated heterocycles. The van der Waals surface area contributed by atoms with Crippen molar-refractivity contribution in [1.29, 1.82) is 0 Å². The number of hydrogen-bond donors (Lipinski definition) is 2. The van der Waals surface area contributed by atoms with Gasteiger partial charge in [-0.1, -0.05) is 45.4 Å². The maximum atomic E-state index is 11.0. The van der Waals surface area contributed by atoms with Gasteiger partial charge in [-0.3, -0.25) is 0 Å². The van der Waals surface area contributed by atoms with Gasteiger partial charge in [0, 0.05) is 5.41 Å². The first-order chi connectivity index (χ1) is 10.9. The number of fused-ring (bicyclic) bond motifs is 5. The zero-order valence-corrected chi connectivity index (χ0v) is 14.8. The lowest BCUT2D eigenvalue weighted by molar-refractivity contribution is -0.135. The predicted molar refractivity (Wildman–Crippen MR) is 92.8 cm³/mol. The summed E-state index contributed by atoms with van der Waals surface area (Å²) in [6, 6.07) is 0. The molecule has 4 aliphatic rings. The van der Waals surface area contributed by atoms with Crippen LogP contribution in [0.4, 0.5) is 0 Å². The van der Waals surface area contributed by atoms with E-state index < -0.39 is 12.2 Å². The molecule has 0 bridgehead atoms. The molecule has 3 saturated carbocycles. The van der Waals surface area contributed by atoms with Crippen molar-refractivity contribution in [1.82, 2.24) is 0 Å². The molecule has 0 aromatic rings. The summed E-state index contributed by atoms with van der Waals surface area (Å²) in [6.45, 7) is 7.09. The van der Waals surface area contributed by atoms with Crippen molar-refractivity contribution in [2.24, 2.45) is 34.5 Å². The van der Waals surface area contributed by atoms with Crippen LogP contribution in [0.5, 0.6) is 0 Å². The number of rotatable bonds is 1. The molecule has 0 radical (unpaired) electrons.